The topological polar surface area (TPSA) is 72.5 Å². The number of methoxy groups -OCH3 is 1. The first-order valence-electron chi connectivity index (χ1n) is 5.16. The quantitative estimate of drug-likeness (QED) is 0.633. The maximum absolute atomic E-state index is 12.7. The van der Waals surface area contributed by atoms with Crippen LogP contribution < -0.4 is 5.32 Å². The van der Waals surface area contributed by atoms with Gasteiger partial charge in [0.2, 0.25) is 0 Å². The van der Waals surface area contributed by atoms with Gasteiger partial charge in [-0.1, -0.05) is 0 Å². The number of hydrogen-bond acceptors (Lipinski definition) is 5. The smallest absolute Gasteiger partial charge is 0.322 e. The number of sulfone groups is 1. The van der Waals surface area contributed by atoms with Crippen molar-refractivity contribution >= 4 is 15.8 Å². The third-order valence-electron chi connectivity index (χ3n) is 2.31. The van der Waals surface area contributed by atoms with Gasteiger partial charge in [0.15, 0.2) is 9.84 Å². The number of rotatable bonds is 5. The molecule has 0 spiro atoms. The molecule has 100 valence electrons. The SMILES string of the molecule is COC(=O)C(C)NCS(=O)(=O)c1ccc(F)cc1. The minimum absolute atomic E-state index is 0.00605. The van der Waals surface area contributed by atoms with Crippen LogP contribution in [0.15, 0.2) is 29.2 Å². The molecular weight excluding hydrogens is 261 g/mol. The Morgan fingerprint density at radius 3 is 2.44 bits per heavy atom. The van der Waals surface area contributed by atoms with E-state index in [4.69, 9.17) is 0 Å². The molecule has 1 unspecified atom stereocenters. The van der Waals surface area contributed by atoms with Gasteiger partial charge in [0.05, 0.1) is 12.0 Å². The van der Waals surface area contributed by atoms with E-state index in [9.17, 15) is 17.6 Å². The molecular formula is C11H14FNO4S. The molecule has 0 bridgehead atoms. The van der Waals surface area contributed by atoms with Crippen LogP contribution in [0.1, 0.15) is 6.92 Å². The average Bonchev–Trinajstić information content (AvgIpc) is 2.35. The van der Waals surface area contributed by atoms with E-state index >= 15 is 0 Å². The fourth-order valence-corrected chi connectivity index (χ4v) is 2.41. The molecule has 1 aromatic rings. The van der Waals surface area contributed by atoms with E-state index in [1.54, 1.807) is 0 Å². The van der Waals surface area contributed by atoms with Crippen LogP contribution >= 0.6 is 0 Å². The largest absolute Gasteiger partial charge is 0.468 e. The maximum Gasteiger partial charge on any atom is 0.322 e. The number of benzene rings is 1. The van der Waals surface area contributed by atoms with Gasteiger partial charge in [0.25, 0.3) is 0 Å². The molecule has 1 atom stereocenters. The zero-order valence-electron chi connectivity index (χ0n) is 10.0. The fraction of sp³-hybridized carbons (Fsp3) is 0.364. The van der Waals surface area contributed by atoms with Gasteiger partial charge >= 0.3 is 5.97 Å². The lowest BCUT2D eigenvalue weighted by atomic mass is 10.3. The Hall–Kier alpha value is -1.47. The Morgan fingerprint density at radius 2 is 1.94 bits per heavy atom. The molecule has 0 aromatic heterocycles. The van der Waals surface area contributed by atoms with E-state index in [1.165, 1.54) is 26.2 Å². The van der Waals surface area contributed by atoms with Crippen LogP contribution in [0.5, 0.6) is 0 Å². The van der Waals surface area contributed by atoms with Crippen LogP contribution in [0, 0.1) is 5.82 Å². The second-order valence-electron chi connectivity index (χ2n) is 3.66. The van der Waals surface area contributed by atoms with Crippen LogP contribution in [0.2, 0.25) is 0 Å². The summed E-state index contributed by atoms with van der Waals surface area (Å²) in [5.41, 5.74) is 0. The molecule has 0 amide bonds. The van der Waals surface area contributed by atoms with Crippen molar-refractivity contribution in [3.63, 3.8) is 0 Å². The molecule has 1 N–H and O–H groups in total. The summed E-state index contributed by atoms with van der Waals surface area (Å²) in [5, 5.41) is 2.53. The van der Waals surface area contributed by atoms with Crippen molar-refractivity contribution in [3.05, 3.63) is 30.1 Å². The summed E-state index contributed by atoms with van der Waals surface area (Å²) in [6.45, 7) is 1.49. The van der Waals surface area contributed by atoms with E-state index in [1.807, 2.05) is 0 Å². The summed E-state index contributed by atoms with van der Waals surface area (Å²) in [4.78, 5) is 11.1. The number of carbonyl (C=O) groups excluding carboxylic acids is 1. The van der Waals surface area contributed by atoms with Gasteiger partial charge in [0.1, 0.15) is 17.7 Å². The molecule has 0 fully saturated rings. The highest BCUT2D eigenvalue weighted by Crippen LogP contribution is 2.11. The molecule has 0 saturated heterocycles. The van der Waals surface area contributed by atoms with Gasteiger partial charge < -0.3 is 4.74 Å². The molecule has 0 saturated carbocycles. The number of nitrogens with one attached hydrogen (secondary N) is 1. The van der Waals surface area contributed by atoms with Gasteiger partial charge in [-0.3, -0.25) is 10.1 Å². The Balaban J connectivity index is 2.71. The average molecular weight is 275 g/mol. The van der Waals surface area contributed by atoms with Crippen LogP contribution in [0.25, 0.3) is 0 Å². The minimum Gasteiger partial charge on any atom is -0.468 e. The van der Waals surface area contributed by atoms with E-state index in [2.05, 4.69) is 10.1 Å². The third-order valence-corrected chi connectivity index (χ3v) is 3.84. The van der Waals surface area contributed by atoms with Gasteiger partial charge in [-0.05, 0) is 31.2 Å². The van der Waals surface area contributed by atoms with Crippen LogP contribution in [-0.2, 0) is 19.4 Å². The van der Waals surface area contributed by atoms with E-state index < -0.39 is 33.5 Å². The standard InChI is InChI=1S/C11H14FNO4S/c1-8(11(14)17-2)13-7-18(15,16)10-5-3-9(12)4-6-10/h3-6,8,13H,7H2,1-2H3. The fourth-order valence-electron chi connectivity index (χ4n) is 1.22. The van der Waals surface area contributed by atoms with Gasteiger partial charge in [-0.2, -0.15) is 0 Å². The lowest BCUT2D eigenvalue weighted by molar-refractivity contribution is -0.142. The normalized spacial score (nSPS) is 13.1. The first-order valence-corrected chi connectivity index (χ1v) is 6.81. The van der Waals surface area contributed by atoms with Crippen molar-refractivity contribution in [1.82, 2.24) is 5.32 Å². The van der Waals surface area contributed by atoms with E-state index in [-0.39, 0.29) is 4.90 Å². The first kappa shape index (κ1) is 14.6. The lowest BCUT2D eigenvalue weighted by Crippen LogP contribution is -2.38. The van der Waals surface area contributed by atoms with E-state index in [0.717, 1.165) is 12.1 Å². The van der Waals surface area contributed by atoms with Crippen molar-refractivity contribution in [2.24, 2.45) is 0 Å². The highest BCUT2D eigenvalue weighted by atomic mass is 32.2. The zero-order chi connectivity index (χ0) is 13.8. The Kier molecular flexibility index (Phi) is 4.80. The number of hydrogen-bond donors (Lipinski definition) is 1. The summed E-state index contributed by atoms with van der Waals surface area (Å²) in [5.74, 6) is -1.48. The maximum atomic E-state index is 12.7. The highest BCUT2D eigenvalue weighted by molar-refractivity contribution is 7.91. The second kappa shape index (κ2) is 5.92. The molecule has 0 aliphatic carbocycles. The first-order chi connectivity index (χ1) is 8.36. The summed E-state index contributed by atoms with van der Waals surface area (Å²) in [6.07, 6.45) is 0. The number of halogens is 1. The molecule has 0 radical (unpaired) electrons. The van der Waals surface area contributed by atoms with Crippen LogP contribution in [-0.4, -0.2) is 33.4 Å². The summed E-state index contributed by atoms with van der Waals surface area (Å²) in [7, 11) is -2.38. The zero-order valence-corrected chi connectivity index (χ0v) is 10.8. The lowest BCUT2D eigenvalue weighted by Gasteiger charge is -2.11. The van der Waals surface area contributed by atoms with E-state index in [0.29, 0.717) is 0 Å². The van der Waals surface area contributed by atoms with Crippen molar-refractivity contribution in [2.75, 3.05) is 13.0 Å². The van der Waals surface area contributed by atoms with Gasteiger partial charge in [0, 0.05) is 0 Å². The van der Waals surface area contributed by atoms with Crippen molar-refractivity contribution in [1.29, 1.82) is 0 Å². The molecule has 18 heavy (non-hydrogen) atoms. The van der Waals surface area contributed by atoms with Gasteiger partial charge in [-0.25, -0.2) is 12.8 Å². The predicted octanol–water partition coefficient (Wildman–Crippen LogP) is 0.708. The Labute approximate surface area is 105 Å². The highest BCUT2D eigenvalue weighted by Gasteiger charge is 2.18. The summed E-state index contributed by atoms with van der Waals surface area (Å²) < 4.78 is 40.8. The predicted molar refractivity (Wildman–Crippen MR) is 63.1 cm³/mol. The second-order valence-corrected chi connectivity index (χ2v) is 5.65. The molecule has 0 aliphatic rings. The minimum atomic E-state index is -3.60. The van der Waals surface area contributed by atoms with Crippen LogP contribution in [0.4, 0.5) is 4.39 Å². The molecule has 0 aliphatic heterocycles. The monoisotopic (exact) mass is 275 g/mol. The Bertz CT molecular complexity index is 512. The van der Waals surface area contributed by atoms with Crippen LogP contribution in [0.3, 0.4) is 0 Å². The van der Waals surface area contributed by atoms with Crippen molar-refractivity contribution < 1.29 is 22.3 Å². The molecule has 0 heterocycles. The number of esters is 1. The summed E-state index contributed by atoms with van der Waals surface area (Å²) >= 11 is 0. The number of ether oxygens (including phenoxy) is 1. The third kappa shape index (κ3) is 3.78. The molecule has 7 heteroatoms. The molecule has 1 aromatic carbocycles. The molecule has 1 rings (SSSR count). The van der Waals surface area contributed by atoms with Crippen molar-refractivity contribution in [3.8, 4) is 0 Å². The van der Waals surface area contributed by atoms with Gasteiger partial charge in [-0.15, -0.1) is 0 Å². The number of carbonyl (C=O) groups is 1. The van der Waals surface area contributed by atoms with Crippen molar-refractivity contribution in [2.45, 2.75) is 17.9 Å². The summed E-state index contributed by atoms with van der Waals surface area (Å²) in [6, 6.07) is 3.75. The molecule has 5 nitrogen and oxygen atoms in total. The Morgan fingerprint density at radius 1 is 1.39 bits per heavy atom.